The number of rotatable bonds is 9. The van der Waals surface area contributed by atoms with Gasteiger partial charge in [0.25, 0.3) is 0 Å². The van der Waals surface area contributed by atoms with Crippen molar-refractivity contribution in [2.75, 3.05) is 0 Å². The maximum Gasteiger partial charge on any atom is 0.408 e. The molecule has 2 atom stereocenters. The monoisotopic (exact) mass is 537 g/mol. The van der Waals surface area contributed by atoms with Gasteiger partial charge in [-0.3, -0.25) is 9.59 Å². The minimum atomic E-state index is -1.000. The molecule has 3 amide bonds. The van der Waals surface area contributed by atoms with Crippen molar-refractivity contribution in [2.24, 2.45) is 0 Å². The van der Waals surface area contributed by atoms with Crippen LogP contribution in [0.25, 0.3) is 0 Å². The Bertz CT molecular complexity index is 1090. The lowest BCUT2D eigenvalue weighted by Gasteiger charge is -2.38. The fourth-order valence-electron chi connectivity index (χ4n) is 4.98. The van der Waals surface area contributed by atoms with Gasteiger partial charge in [-0.25, -0.2) is 4.79 Å². The van der Waals surface area contributed by atoms with Gasteiger partial charge in [-0.2, -0.15) is 0 Å². The zero-order valence-corrected chi connectivity index (χ0v) is 23.8. The first-order valence-corrected chi connectivity index (χ1v) is 13.9. The number of hydrogen-bond acceptors (Lipinski definition) is 5. The summed E-state index contributed by atoms with van der Waals surface area (Å²) < 4.78 is 5.47. The Morgan fingerprint density at radius 3 is 2.15 bits per heavy atom. The van der Waals surface area contributed by atoms with Gasteiger partial charge in [-0.1, -0.05) is 61.7 Å². The molecular weight excluding hydrogens is 494 g/mol. The summed E-state index contributed by atoms with van der Waals surface area (Å²) in [5.41, 5.74) is 0.697. The molecule has 3 N–H and O–H groups in total. The highest BCUT2D eigenvalue weighted by molar-refractivity contribution is 5.92. The number of carbonyl (C=O) groups excluding carboxylic acids is 3. The van der Waals surface area contributed by atoms with Crippen LogP contribution in [0.4, 0.5) is 4.79 Å². The molecule has 0 aromatic heterocycles. The summed E-state index contributed by atoms with van der Waals surface area (Å²) in [5, 5.41) is 15.7. The summed E-state index contributed by atoms with van der Waals surface area (Å²) >= 11 is 0. The number of carbonyl (C=O) groups is 3. The second kappa shape index (κ2) is 13.5. The normalized spacial score (nSPS) is 15.7. The van der Waals surface area contributed by atoms with Crippen LogP contribution in [0, 0.1) is 0 Å². The van der Waals surface area contributed by atoms with Crippen LogP contribution < -0.4 is 10.6 Å². The van der Waals surface area contributed by atoms with Crippen LogP contribution in [0.3, 0.4) is 0 Å². The number of hydrogen-bond donors (Lipinski definition) is 3. The van der Waals surface area contributed by atoms with Crippen molar-refractivity contribution >= 4 is 17.9 Å². The van der Waals surface area contributed by atoms with Crippen LogP contribution in [0.1, 0.15) is 83.9 Å². The molecule has 8 nitrogen and oxygen atoms in total. The first kappa shape index (κ1) is 30.0. The van der Waals surface area contributed by atoms with Crippen LogP contribution in [-0.4, -0.2) is 51.6 Å². The van der Waals surface area contributed by atoms with E-state index in [2.05, 4.69) is 10.6 Å². The Morgan fingerprint density at radius 1 is 0.974 bits per heavy atom. The molecule has 1 saturated carbocycles. The van der Waals surface area contributed by atoms with E-state index in [9.17, 15) is 19.5 Å². The Morgan fingerprint density at radius 2 is 1.59 bits per heavy atom. The minimum Gasteiger partial charge on any atom is -0.508 e. The lowest BCUT2D eigenvalue weighted by Crippen LogP contribution is -2.56. The third kappa shape index (κ3) is 9.01. The molecule has 0 aliphatic heterocycles. The third-order valence-electron chi connectivity index (χ3n) is 6.77. The topological polar surface area (TPSA) is 108 Å². The minimum absolute atomic E-state index is 0.0780. The van der Waals surface area contributed by atoms with Crippen LogP contribution in [0.15, 0.2) is 54.6 Å². The molecule has 2 unspecified atom stereocenters. The zero-order chi connectivity index (χ0) is 28.6. The van der Waals surface area contributed by atoms with Gasteiger partial charge >= 0.3 is 6.09 Å². The van der Waals surface area contributed by atoms with Crippen molar-refractivity contribution in [1.29, 1.82) is 0 Å². The summed E-state index contributed by atoms with van der Waals surface area (Å²) in [6, 6.07) is 13.6. The summed E-state index contributed by atoms with van der Waals surface area (Å²) in [6.45, 7) is 9.00. The average Bonchev–Trinajstić information content (AvgIpc) is 2.87. The Balaban J connectivity index is 1.97. The van der Waals surface area contributed by atoms with Crippen molar-refractivity contribution in [3.63, 3.8) is 0 Å². The SMILES string of the molecule is CC(C)N(C(=O)C(Cc1ccc(O)cc1)NC(=O)OC(C)(C)C)C(C(=O)NC1CCCCC1)c1ccccc1. The van der Waals surface area contributed by atoms with Crippen LogP contribution in [-0.2, 0) is 20.7 Å². The van der Waals surface area contributed by atoms with E-state index in [0.717, 1.165) is 31.2 Å². The van der Waals surface area contributed by atoms with Gasteiger partial charge in [0.1, 0.15) is 23.4 Å². The van der Waals surface area contributed by atoms with E-state index in [1.165, 1.54) is 18.6 Å². The number of amides is 3. The third-order valence-corrected chi connectivity index (χ3v) is 6.77. The quantitative estimate of drug-likeness (QED) is 0.405. The molecular formula is C31H43N3O5. The lowest BCUT2D eigenvalue weighted by molar-refractivity contribution is -0.145. The highest BCUT2D eigenvalue weighted by Crippen LogP contribution is 2.27. The number of nitrogens with zero attached hydrogens (tertiary/aromatic N) is 1. The molecule has 0 bridgehead atoms. The summed E-state index contributed by atoms with van der Waals surface area (Å²) in [5.74, 6) is -0.513. The van der Waals surface area contributed by atoms with E-state index in [4.69, 9.17) is 4.74 Å². The number of phenols is 1. The van der Waals surface area contributed by atoms with Gasteiger partial charge in [-0.05, 0) is 70.7 Å². The van der Waals surface area contributed by atoms with Crippen molar-refractivity contribution in [3.8, 4) is 5.75 Å². The molecule has 2 aromatic carbocycles. The molecule has 3 rings (SSSR count). The fourth-order valence-corrected chi connectivity index (χ4v) is 4.98. The first-order chi connectivity index (χ1) is 18.4. The molecule has 0 spiro atoms. The largest absolute Gasteiger partial charge is 0.508 e. The fraction of sp³-hybridized carbons (Fsp3) is 0.516. The maximum atomic E-state index is 14.3. The molecule has 0 heterocycles. The zero-order valence-electron chi connectivity index (χ0n) is 23.8. The highest BCUT2D eigenvalue weighted by Gasteiger charge is 2.38. The molecule has 212 valence electrons. The Hall–Kier alpha value is -3.55. The molecule has 2 aromatic rings. The molecule has 0 radical (unpaired) electrons. The van der Waals surface area contributed by atoms with Gasteiger partial charge in [0.2, 0.25) is 11.8 Å². The lowest BCUT2D eigenvalue weighted by atomic mass is 9.94. The van der Waals surface area contributed by atoms with E-state index in [-0.39, 0.29) is 30.2 Å². The number of phenolic OH excluding ortho intramolecular Hbond substituents is 1. The van der Waals surface area contributed by atoms with Crippen molar-refractivity contribution in [1.82, 2.24) is 15.5 Å². The number of aromatic hydroxyl groups is 1. The molecule has 1 aliphatic carbocycles. The van der Waals surface area contributed by atoms with E-state index >= 15 is 0 Å². The van der Waals surface area contributed by atoms with Crippen molar-refractivity contribution in [3.05, 3.63) is 65.7 Å². The second-order valence-electron chi connectivity index (χ2n) is 11.6. The van der Waals surface area contributed by atoms with E-state index in [1.54, 1.807) is 37.8 Å². The Kier molecular flexibility index (Phi) is 10.4. The number of ether oxygens (including phenoxy) is 1. The summed E-state index contributed by atoms with van der Waals surface area (Å²) in [4.78, 5) is 42.5. The first-order valence-electron chi connectivity index (χ1n) is 13.9. The number of alkyl carbamates (subject to hydrolysis) is 1. The van der Waals surface area contributed by atoms with Crippen molar-refractivity contribution < 1.29 is 24.2 Å². The van der Waals surface area contributed by atoms with Gasteiger partial charge in [0, 0.05) is 18.5 Å². The summed E-state index contributed by atoms with van der Waals surface area (Å²) in [6.07, 6.45) is 4.60. The molecule has 39 heavy (non-hydrogen) atoms. The van der Waals surface area contributed by atoms with E-state index in [1.807, 2.05) is 44.2 Å². The molecule has 8 heteroatoms. The van der Waals surface area contributed by atoms with Gasteiger partial charge in [0.15, 0.2) is 0 Å². The number of benzene rings is 2. The van der Waals surface area contributed by atoms with Crippen molar-refractivity contribution in [2.45, 2.75) is 103 Å². The van der Waals surface area contributed by atoms with E-state index in [0.29, 0.717) is 5.56 Å². The van der Waals surface area contributed by atoms with Crippen LogP contribution in [0.2, 0.25) is 0 Å². The number of nitrogens with one attached hydrogen (secondary N) is 2. The molecule has 1 aliphatic rings. The smallest absolute Gasteiger partial charge is 0.408 e. The average molecular weight is 538 g/mol. The van der Waals surface area contributed by atoms with E-state index < -0.39 is 29.7 Å². The molecule has 1 fully saturated rings. The summed E-state index contributed by atoms with van der Waals surface area (Å²) in [7, 11) is 0. The molecule has 0 saturated heterocycles. The van der Waals surface area contributed by atoms with Gasteiger partial charge < -0.3 is 25.4 Å². The second-order valence-corrected chi connectivity index (χ2v) is 11.6. The Labute approximate surface area is 232 Å². The predicted molar refractivity (Wildman–Crippen MR) is 151 cm³/mol. The predicted octanol–water partition coefficient (Wildman–Crippen LogP) is 5.26. The van der Waals surface area contributed by atoms with Gasteiger partial charge in [-0.15, -0.1) is 0 Å². The van der Waals surface area contributed by atoms with Crippen LogP contribution >= 0.6 is 0 Å². The van der Waals surface area contributed by atoms with Crippen LogP contribution in [0.5, 0.6) is 5.75 Å². The maximum absolute atomic E-state index is 14.3. The van der Waals surface area contributed by atoms with Gasteiger partial charge in [0.05, 0.1) is 0 Å². The standard InChI is InChI=1S/C31H43N3O5/c1-21(2)34(27(23-12-8-6-9-13-23)28(36)32-24-14-10-7-11-15-24)29(37)26(33-30(38)39-31(3,4)5)20-22-16-18-25(35)19-17-22/h6,8-9,12-13,16-19,21,24,26-27,35H,7,10-11,14-15,20H2,1-5H3,(H,32,36)(H,33,38). The highest BCUT2D eigenvalue weighted by atomic mass is 16.6.